The summed E-state index contributed by atoms with van der Waals surface area (Å²) in [6, 6.07) is 0. The van der Waals surface area contributed by atoms with Crippen molar-refractivity contribution < 1.29 is 24.2 Å². The van der Waals surface area contributed by atoms with Crippen LogP contribution in [0.2, 0.25) is 0 Å². The van der Waals surface area contributed by atoms with E-state index in [1.165, 1.54) is 6.26 Å². The molecule has 0 aromatic rings. The van der Waals surface area contributed by atoms with E-state index in [0.29, 0.717) is 19.4 Å². The number of esters is 1. The predicted molar refractivity (Wildman–Crippen MR) is 44.0 cm³/mol. The Hall–Kier alpha value is -1.52. The molecule has 0 saturated heterocycles. The van der Waals surface area contributed by atoms with Crippen molar-refractivity contribution in [3.63, 3.8) is 0 Å². The van der Waals surface area contributed by atoms with Gasteiger partial charge in [0.15, 0.2) is 0 Å². The summed E-state index contributed by atoms with van der Waals surface area (Å²) in [7, 11) is 0. The number of carbonyl (C=O) groups is 2. The van der Waals surface area contributed by atoms with E-state index in [1.807, 2.05) is 0 Å². The van der Waals surface area contributed by atoms with Gasteiger partial charge >= 0.3 is 11.9 Å². The van der Waals surface area contributed by atoms with Gasteiger partial charge in [-0.1, -0.05) is 6.58 Å². The van der Waals surface area contributed by atoms with Crippen LogP contribution in [0.15, 0.2) is 12.8 Å². The van der Waals surface area contributed by atoms with Gasteiger partial charge in [-0.25, -0.2) is 9.59 Å². The molecule has 5 heteroatoms. The van der Waals surface area contributed by atoms with Crippen LogP contribution in [0.3, 0.4) is 0 Å². The van der Waals surface area contributed by atoms with E-state index in [2.05, 4.69) is 11.3 Å². The Morgan fingerprint density at radius 2 is 1.92 bits per heavy atom. The molecule has 74 valence electrons. The molecule has 0 saturated carbocycles. The van der Waals surface area contributed by atoms with Gasteiger partial charge in [-0.05, 0) is 12.8 Å². The molecule has 5 nitrogen and oxygen atoms in total. The van der Waals surface area contributed by atoms with Crippen LogP contribution in [-0.2, 0) is 19.1 Å². The third kappa shape index (κ3) is 6.86. The number of aliphatic carboxylic acids is 1. The van der Waals surface area contributed by atoms with E-state index < -0.39 is 11.9 Å². The average molecular weight is 188 g/mol. The fourth-order valence-corrected chi connectivity index (χ4v) is 0.597. The van der Waals surface area contributed by atoms with E-state index in [-0.39, 0.29) is 6.61 Å². The molecule has 0 unspecified atom stereocenters. The Morgan fingerprint density at radius 1 is 1.31 bits per heavy atom. The van der Waals surface area contributed by atoms with Crippen LogP contribution in [0.5, 0.6) is 0 Å². The molecular weight excluding hydrogens is 176 g/mol. The molecule has 0 spiro atoms. The summed E-state index contributed by atoms with van der Waals surface area (Å²) in [5, 5.41) is 8.11. The van der Waals surface area contributed by atoms with Gasteiger partial charge < -0.3 is 14.6 Å². The highest BCUT2D eigenvalue weighted by Crippen LogP contribution is 1.92. The van der Waals surface area contributed by atoms with Crippen molar-refractivity contribution in [1.82, 2.24) is 0 Å². The van der Waals surface area contributed by atoms with Crippen LogP contribution in [-0.4, -0.2) is 30.3 Å². The van der Waals surface area contributed by atoms with Crippen LogP contribution in [0.1, 0.15) is 12.8 Å². The molecule has 0 bridgehead atoms. The quantitative estimate of drug-likeness (QED) is 0.285. The van der Waals surface area contributed by atoms with Crippen molar-refractivity contribution in [3.8, 4) is 0 Å². The number of unbranched alkanes of at least 4 members (excludes halogenated alkanes) is 1. The maximum atomic E-state index is 10.4. The zero-order valence-electron chi connectivity index (χ0n) is 7.19. The van der Waals surface area contributed by atoms with Crippen molar-refractivity contribution in [2.45, 2.75) is 12.8 Å². The van der Waals surface area contributed by atoms with Crippen LogP contribution in [0.25, 0.3) is 0 Å². The van der Waals surface area contributed by atoms with E-state index in [9.17, 15) is 9.59 Å². The molecule has 0 rings (SSSR count). The Balaban J connectivity index is 3.21. The second kappa shape index (κ2) is 7.15. The lowest BCUT2D eigenvalue weighted by Gasteiger charge is -2.01. The second-order valence-corrected chi connectivity index (χ2v) is 2.19. The fraction of sp³-hybridized carbons (Fsp3) is 0.500. The first kappa shape index (κ1) is 11.5. The number of carboxylic acids is 1. The molecule has 0 aliphatic rings. The molecule has 0 aliphatic heterocycles. The molecule has 0 aromatic carbocycles. The first-order chi connectivity index (χ1) is 6.18. The molecule has 13 heavy (non-hydrogen) atoms. The zero-order chi connectivity index (χ0) is 10.1. The van der Waals surface area contributed by atoms with E-state index in [0.717, 1.165) is 0 Å². The second-order valence-electron chi connectivity index (χ2n) is 2.19. The highest BCUT2D eigenvalue weighted by molar-refractivity contribution is 6.28. The third-order valence-corrected chi connectivity index (χ3v) is 1.18. The van der Waals surface area contributed by atoms with Crippen LogP contribution >= 0.6 is 0 Å². The number of carboxylic acid groups (broad SMARTS) is 1. The lowest BCUT2D eigenvalue weighted by Crippen LogP contribution is -2.16. The normalized spacial score (nSPS) is 8.92. The molecule has 0 aromatic heterocycles. The SMILES string of the molecule is C=COCCCCOC(=O)C(=O)O. The highest BCUT2D eigenvalue weighted by atomic mass is 16.6. The smallest absolute Gasteiger partial charge is 0.417 e. The van der Waals surface area contributed by atoms with Gasteiger partial charge in [-0.2, -0.15) is 0 Å². The Bertz CT molecular complexity index is 187. The summed E-state index contributed by atoms with van der Waals surface area (Å²) in [5.41, 5.74) is 0. The zero-order valence-corrected chi connectivity index (χ0v) is 7.19. The van der Waals surface area contributed by atoms with Crippen molar-refractivity contribution in [3.05, 3.63) is 12.8 Å². The summed E-state index contributed by atoms with van der Waals surface area (Å²) >= 11 is 0. The minimum Gasteiger partial charge on any atom is -0.502 e. The summed E-state index contributed by atoms with van der Waals surface area (Å²) in [6.07, 6.45) is 2.59. The predicted octanol–water partition coefficient (Wildman–Crippen LogP) is 0.555. The van der Waals surface area contributed by atoms with Gasteiger partial charge in [-0.3, -0.25) is 0 Å². The summed E-state index contributed by atoms with van der Waals surface area (Å²) in [6.45, 7) is 3.94. The molecule has 0 fully saturated rings. The average Bonchev–Trinajstić information content (AvgIpc) is 2.10. The number of hydrogen-bond acceptors (Lipinski definition) is 4. The van der Waals surface area contributed by atoms with Gasteiger partial charge in [0.05, 0.1) is 19.5 Å². The molecular formula is C8H12O5. The monoisotopic (exact) mass is 188 g/mol. The standard InChI is InChI=1S/C8H12O5/c1-2-12-5-3-4-6-13-8(11)7(9)10/h2H,1,3-6H2,(H,9,10). The first-order valence-electron chi connectivity index (χ1n) is 3.81. The number of rotatable bonds is 6. The minimum atomic E-state index is -1.57. The van der Waals surface area contributed by atoms with Gasteiger partial charge in [0.1, 0.15) is 0 Å². The van der Waals surface area contributed by atoms with Gasteiger partial charge in [-0.15, -0.1) is 0 Å². The summed E-state index contributed by atoms with van der Waals surface area (Å²) in [4.78, 5) is 20.3. The molecule has 0 radical (unpaired) electrons. The largest absolute Gasteiger partial charge is 0.502 e. The van der Waals surface area contributed by atoms with Gasteiger partial charge in [0, 0.05) is 0 Å². The summed E-state index contributed by atoms with van der Waals surface area (Å²) < 4.78 is 9.16. The van der Waals surface area contributed by atoms with E-state index in [4.69, 9.17) is 9.84 Å². The third-order valence-electron chi connectivity index (χ3n) is 1.18. The maximum Gasteiger partial charge on any atom is 0.417 e. The van der Waals surface area contributed by atoms with Crippen LogP contribution in [0.4, 0.5) is 0 Å². The van der Waals surface area contributed by atoms with Gasteiger partial charge in [0.2, 0.25) is 0 Å². The van der Waals surface area contributed by atoms with Crippen molar-refractivity contribution in [2.24, 2.45) is 0 Å². The number of carbonyl (C=O) groups excluding carboxylic acids is 1. The molecule has 0 aliphatic carbocycles. The lowest BCUT2D eigenvalue weighted by atomic mass is 10.3. The fourth-order valence-electron chi connectivity index (χ4n) is 0.597. The van der Waals surface area contributed by atoms with Gasteiger partial charge in [0.25, 0.3) is 0 Å². The Kier molecular flexibility index (Phi) is 6.31. The lowest BCUT2D eigenvalue weighted by molar-refractivity contribution is -0.163. The first-order valence-corrected chi connectivity index (χ1v) is 3.81. The number of hydrogen-bond donors (Lipinski definition) is 1. The van der Waals surface area contributed by atoms with Crippen molar-refractivity contribution >= 4 is 11.9 Å². The molecule has 1 N–H and O–H groups in total. The molecule has 0 amide bonds. The highest BCUT2D eigenvalue weighted by Gasteiger charge is 2.11. The van der Waals surface area contributed by atoms with Crippen LogP contribution < -0.4 is 0 Å². The van der Waals surface area contributed by atoms with Crippen molar-refractivity contribution in [2.75, 3.05) is 13.2 Å². The topological polar surface area (TPSA) is 72.8 Å². The van der Waals surface area contributed by atoms with Crippen molar-refractivity contribution in [1.29, 1.82) is 0 Å². The molecule has 0 atom stereocenters. The van der Waals surface area contributed by atoms with Crippen LogP contribution in [0, 0.1) is 0 Å². The summed E-state index contributed by atoms with van der Waals surface area (Å²) in [5.74, 6) is -2.79. The number of ether oxygens (including phenoxy) is 2. The minimum absolute atomic E-state index is 0.103. The maximum absolute atomic E-state index is 10.4. The van der Waals surface area contributed by atoms with E-state index >= 15 is 0 Å². The van der Waals surface area contributed by atoms with E-state index in [1.54, 1.807) is 0 Å². The Labute approximate surface area is 75.9 Å². The molecule has 0 heterocycles. The Morgan fingerprint density at radius 3 is 2.46 bits per heavy atom.